The summed E-state index contributed by atoms with van der Waals surface area (Å²) in [6.07, 6.45) is 1.57. The average molecular weight is 292 g/mol. The zero-order valence-electron chi connectivity index (χ0n) is 12.3. The van der Waals surface area contributed by atoms with Crippen molar-refractivity contribution in [3.8, 4) is 0 Å². The van der Waals surface area contributed by atoms with Gasteiger partial charge in [0, 0.05) is 38.6 Å². The Hall–Kier alpha value is -2.15. The van der Waals surface area contributed by atoms with Gasteiger partial charge in [0.2, 0.25) is 0 Å². The minimum Gasteiger partial charge on any atom is -0.464 e. The van der Waals surface area contributed by atoms with Crippen molar-refractivity contribution in [2.45, 2.75) is 13.0 Å². The fourth-order valence-electron chi connectivity index (χ4n) is 2.31. The molecule has 7 heteroatoms. The van der Waals surface area contributed by atoms with Crippen LogP contribution in [0, 0.1) is 0 Å². The van der Waals surface area contributed by atoms with Gasteiger partial charge in [0.1, 0.15) is 11.7 Å². The van der Waals surface area contributed by atoms with Gasteiger partial charge in [-0.05, 0) is 19.1 Å². The highest BCUT2D eigenvalue weighted by molar-refractivity contribution is 5.93. The monoisotopic (exact) mass is 292 g/mol. The van der Waals surface area contributed by atoms with E-state index in [1.807, 2.05) is 4.90 Å². The Bertz CT molecular complexity index is 521. The van der Waals surface area contributed by atoms with E-state index in [-0.39, 0.29) is 11.9 Å². The Balaban J connectivity index is 2.24. The molecule has 1 aromatic heterocycles. The molecule has 114 valence electrons. The van der Waals surface area contributed by atoms with Crippen LogP contribution < -0.4 is 15.5 Å². The molecule has 2 N–H and O–H groups in total. The van der Waals surface area contributed by atoms with Crippen LogP contribution in [0.15, 0.2) is 18.3 Å². The summed E-state index contributed by atoms with van der Waals surface area (Å²) in [4.78, 5) is 29.7. The molecular weight excluding hydrogens is 272 g/mol. The van der Waals surface area contributed by atoms with E-state index in [2.05, 4.69) is 15.6 Å². The van der Waals surface area contributed by atoms with Gasteiger partial charge in [0.05, 0.1) is 6.61 Å². The fraction of sp³-hybridized carbons (Fsp3) is 0.500. The molecule has 1 fully saturated rings. The van der Waals surface area contributed by atoms with Gasteiger partial charge < -0.3 is 20.3 Å². The molecule has 1 saturated heterocycles. The minimum absolute atomic E-state index is 0.250. The molecule has 0 aliphatic carbocycles. The van der Waals surface area contributed by atoms with Crippen molar-refractivity contribution in [1.29, 1.82) is 0 Å². The number of carbonyl (C=O) groups excluding carboxylic acids is 2. The van der Waals surface area contributed by atoms with E-state index in [1.165, 1.54) is 0 Å². The highest BCUT2D eigenvalue weighted by atomic mass is 16.5. The second kappa shape index (κ2) is 7.03. The maximum absolute atomic E-state index is 12.1. The summed E-state index contributed by atoms with van der Waals surface area (Å²) < 4.78 is 5.12. The molecule has 0 bridgehead atoms. The highest BCUT2D eigenvalue weighted by Crippen LogP contribution is 2.19. The van der Waals surface area contributed by atoms with Gasteiger partial charge in [0.25, 0.3) is 5.91 Å². The number of nitrogens with zero attached hydrogens (tertiary/aromatic N) is 2. The van der Waals surface area contributed by atoms with Crippen molar-refractivity contribution in [3.63, 3.8) is 0 Å². The maximum Gasteiger partial charge on any atom is 0.330 e. The van der Waals surface area contributed by atoms with Crippen molar-refractivity contribution in [2.75, 3.05) is 38.2 Å². The molecule has 1 amide bonds. The topological polar surface area (TPSA) is 83.6 Å². The van der Waals surface area contributed by atoms with Crippen molar-refractivity contribution in [2.24, 2.45) is 0 Å². The molecular formula is C14H20N4O3. The van der Waals surface area contributed by atoms with Gasteiger partial charge in [-0.1, -0.05) is 0 Å². The Morgan fingerprint density at radius 1 is 1.57 bits per heavy atom. The van der Waals surface area contributed by atoms with Crippen LogP contribution in [0.3, 0.4) is 0 Å². The van der Waals surface area contributed by atoms with Crippen LogP contribution in [0.2, 0.25) is 0 Å². The van der Waals surface area contributed by atoms with Crippen LogP contribution >= 0.6 is 0 Å². The molecule has 1 atom stereocenters. The number of rotatable bonds is 4. The zero-order valence-corrected chi connectivity index (χ0v) is 12.3. The maximum atomic E-state index is 12.1. The first-order valence-electron chi connectivity index (χ1n) is 6.99. The number of esters is 1. The van der Waals surface area contributed by atoms with E-state index < -0.39 is 6.04 Å². The van der Waals surface area contributed by atoms with Crippen LogP contribution in [0.4, 0.5) is 5.69 Å². The lowest BCUT2D eigenvalue weighted by atomic mass is 10.1. The molecule has 7 nitrogen and oxygen atoms in total. The van der Waals surface area contributed by atoms with Crippen LogP contribution in [0.5, 0.6) is 0 Å². The molecule has 1 aliphatic heterocycles. The van der Waals surface area contributed by atoms with E-state index in [1.54, 1.807) is 32.3 Å². The summed E-state index contributed by atoms with van der Waals surface area (Å²) >= 11 is 0. The number of amides is 1. The normalized spacial score (nSPS) is 18.2. The van der Waals surface area contributed by atoms with Crippen LogP contribution in [0.1, 0.15) is 17.4 Å². The predicted octanol–water partition coefficient (Wildman–Crippen LogP) is -0.217. The number of carbonyl (C=O) groups is 2. The molecule has 1 aliphatic rings. The third kappa shape index (κ3) is 3.49. The van der Waals surface area contributed by atoms with Gasteiger partial charge in [0.15, 0.2) is 0 Å². The summed E-state index contributed by atoms with van der Waals surface area (Å²) in [6.45, 7) is 4.10. The average Bonchev–Trinajstić information content (AvgIpc) is 2.54. The summed E-state index contributed by atoms with van der Waals surface area (Å²) in [5.74, 6) is -0.511. The van der Waals surface area contributed by atoms with Crippen LogP contribution in [-0.4, -0.2) is 56.2 Å². The lowest BCUT2D eigenvalue weighted by molar-refractivity contribution is -0.144. The molecule has 2 heterocycles. The zero-order chi connectivity index (χ0) is 15.2. The predicted molar refractivity (Wildman–Crippen MR) is 78.3 cm³/mol. The third-order valence-corrected chi connectivity index (χ3v) is 3.34. The number of ether oxygens (including phenoxy) is 1. The first-order chi connectivity index (χ1) is 10.2. The number of piperazine rings is 1. The van der Waals surface area contributed by atoms with Crippen molar-refractivity contribution in [1.82, 2.24) is 15.6 Å². The molecule has 2 rings (SSSR count). The lowest BCUT2D eigenvalue weighted by Gasteiger charge is -2.36. The number of pyridine rings is 1. The summed E-state index contributed by atoms with van der Waals surface area (Å²) in [5, 5.41) is 5.73. The number of hydrogen-bond acceptors (Lipinski definition) is 6. The van der Waals surface area contributed by atoms with E-state index in [0.29, 0.717) is 25.4 Å². The molecule has 0 aromatic carbocycles. The number of nitrogens with one attached hydrogen (secondary N) is 2. The van der Waals surface area contributed by atoms with Crippen LogP contribution in [0.25, 0.3) is 0 Å². The van der Waals surface area contributed by atoms with E-state index in [4.69, 9.17) is 4.74 Å². The summed E-state index contributed by atoms with van der Waals surface area (Å²) in [5.41, 5.74) is 1.12. The van der Waals surface area contributed by atoms with Gasteiger partial charge in [-0.25, -0.2) is 4.79 Å². The quantitative estimate of drug-likeness (QED) is 0.747. The van der Waals surface area contributed by atoms with E-state index in [9.17, 15) is 9.59 Å². The molecule has 1 unspecified atom stereocenters. The number of aromatic nitrogens is 1. The van der Waals surface area contributed by atoms with Gasteiger partial charge in [-0.3, -0.25) is 9.78 Å². The lowest BCUT2D eigenvalue weighted by Crippen LogP contribution is -2.55. The Morgan fingerprint density at radius 2 is 2.38 bits per heavy atom. The Kier molecular flexibility index (Phi) is 5.10. The Labute approximate surface area is 123 Å². The molecule has 0 saturated carbocycles. The van der Waals surface area contributed by atoms with Gasteiger partial charge >= 0.3 is 5.97 Å². The third-order valence-electron chi connectivity index (χ3n) is 3.34. The molecule has 21 heavy (non-hydrogen) atoms. The highest BCUT2D eigenvalue weighted by Gasteiger charge is 2.30. The Morgan fingerprint density at radius 3 is 3.10 bits per heavy atom. The summed E-state index contributed by atoms with van der Waals surface area (Å²) in [7, 11) is 1.56. The van der Waals surface area contributed by atoms with Gasteiger partial charge in [-0.2, -0.15) is 0 Å². The van der Waals surface area contributed by atoms with Crippen molar-refractivity contribution >= 4 is 17.6 Å². The summed E-state index contributed by atoms with van der Waals surface area (Å²) in [6, 6.07) is 3.10. The minimum atomic E-state index is -0.390. The van der Waals surface area contributed by atoms with Crippen molar-refractivity contribution in [3.05, 3.63) is 24.0 Å². The SMILES string of the molecule is CCOC(=O)C1CNCCN1c1ccnc(C(=O)NC)c1. The van der Waals surface area contributed by atoms with E-state index >= 15 is 0 Å². The number of anilines is 1. The van der Waals surface area contributed by atoms with Crippen LogP contribution in [-0.2, 0) is 9.53 Å². The first-order valence-corrected chi connectivity index (χ1v) is 6.99. The molecule has 1 aromatic rings. The second-order valence-corrected chi connectivity index (χ2v) is 4.64. The first kappa shape index (κ1) is 15.2. The van der Waals surface area contributed by atoms with Gasteiger partial charge in [-0.15, -0.1) is 0 Å². The molecule has 0 spiro atoms. The smallest absolute Gasteiger partial charge is 0.330 e. The van der Waals surface area contributed by atoms with E-state index in [0.717, 1.165) is 12.2 Å². The largest absolute Gasteiger partial charge is 0.464 e. The fourth-order valence-corrected chi connectivity index (χ4v) is 2.31. The second-order valence-electron chi connectivity index (χ2n) is 4.64. The molecule has 0 radical (unpaired) electrons. The van der Waals surface area contributed by atoms with Crippen molar-refractivity contribution < 1.29 is 14.3 Å². The number of hydrogen-bond donors (Lipinski definition) is 2. The standard InChI is InChI=1S/C14H20N4O3/c1-3-21-14(20)12-9-16-6-7-18(12)10-4-5-17-11(8-10)13(19)15-2/h4-5,8,12,16H,3,6-7,9H2,1-2H3,(H,15,19).